The molecule has 0 unspecified atom stereocenters. The van der Waals surface area contributed by atoms with Crippen molar-refractivity contribution < 1.29 is 0 Å². The van der Waals surface area contributed by atoms with Gasteiger partial charge in [0.15, 0.2) is 0 Å². The number of hydrogen-bond acceptors (Lipinski definition) is 1. The van der Waals surface area contributed by atoms with Gasteiger partial charge in [-0.3, -0.25) is 0 Å². The second-order valence-electron chi connectivity index (χ2n) is 2.89. The maximum absolute atomic E-state index is 5.69. The van der Waals surface area contributed by atoms with Gasteiger partial charge in [-0.25, -0.2) is 4.98 Å². The molecule has 1 aromatic heterocycles. The number of para-hydroxylation sites is 2. The van der Waals surface area contributed by atoms with Crippen molar-refractivity contribution in [2.75, 3.05) is 0 Å². The molecule has 0 amide bonds. The molecule has 0 aliphatic carbocycles. The second kappa shape index (κ2) is 3.23. The number of nitrogens with one attached hydrogen (secondary N) is 1. The molecule has 0 radical (unpaired) electrons. The number of aromatic nitrogens is 2. The predicted octanol–water partition coefficient (Wildman–Crippen LogP) is 2.86. The molecule has 1 N–H and O–H groups in total. The summed E-state index contributed by atoms with van der Waals surface area (Å²) >= 11 is 5.69. The Kier molecular flexibility index (Phi) is 2.07. The second-order valence-corrected chi connectivity index (χ2v) is 3.43. The van der Waals surface area contributed by atoms with Crippen LogP contribution in [0.15, 0.2) is 35.9 Å². The summed E-state index contributed by atoms with van der Waals surface area (Å²) in [5, 5.41) is 0.596. The highest BCUT2D eigenvalue weighted by molar-refractivity contribution is 6.29. The normalized spacial score (nSPS) is 10.5. The van der Waals surface area contributed by atoms with Gasteiger partial charge in [0.25, 0.3) is 0 Å². The molecule has 0 atom stereocenters. The number of fused-ring (bicyclic) bond motifs is 1. The van der Waals surface area contributed by atoms with Crippen LogP contribution in [0.2, 0.25) is 0 Å². The van der Waals surface area contributed by atoms with Crippen LogP contribution in [0.1, 0.15) is 5.82 Å². The lowest BCUT2D eigenvalue weighted by Crippen LogP contribution is -1.85. The standard InChI is InChI=1S/C10H9ClN2/c1-7(11)6-10-12-8-4-2-3-5-9(8)13-10/h2-5H,1,6H2,(H,12,13). The third-order valence-corrected chi connectivity index (χ3v) is 1.93. The first-order chi connectivity index (χ1) is 6.25. The molecule has 3 heteroatoms. The van der Waals surface area contributed by atoms with Crippen LogP contribution in [0.25, 0.3) is 11.0 Å². The molecule has 2 aromatic rings. The van der Waals surface area contributed by atoms with Gasteiger partial charge in [0, 0.05) is 11.5 Å². The Labute approximate surface area is 81.3 Å². The van der Waals surface area contributed by atoms with E-state index in [1.807, 2.05) is 24.3 Å². The minimum absolute atomic E-state index is 0.593. The lowest BCUT2D eigenvalue weighted by Gasteiger charge is -1.89. The first kappa shape index (κ1) is 8.32. The Balaban J connectivity index is 2.44. The van der Waals surface area contributed by atoms with E-state index < -0.39 is 0 Å². The maximum Gasteiger partial charge on any atom is 0.112 e. The molecular weight excluding hydrogens is 184 g/mol. The highest BCUT2D eigenvalue weighted by Crippen LogP contribution is 2.13. The van der Waals surface area contributed by atoms with Crippen molar-refractivity contribution >= 4 is 22.6 Å². The topological polar surface area (TPSA) is 28.7 Å². The highest BCUT2D eigenvalue weighted by atomic mass is 35.5. The van der Waals surface area contributed by atoms with E-state index in [1.165, 1.54) is 0 Å². The summed E-state index contributed by atoms with van der Waals surface area (Å²) in [6, 6.07) is 7.89. The summed E-state index contributed by atoms with van der Waals surface area (Å²) in [6.45, 7) is 3.63. The summed E-state index contributed by atoms with van der Waals surface area (Å²) in [5.41, 5.74) is 2.01. The molecule has 0 aliphatic heterocycles. The number of halogens is 1. The van der Waals surface area contributed by atoms with Gasteiger partial charge in [0.05, 0.1) is 11.0 Å². The van der Waals surface area contributed by atoms with Crippen molar-refractivity contribution in [1.82, 2.24) is 9.97 Å². The smallest absolute Gasteiger partial charge is 0.112 e. The molecule has 0 fully saturated rings. The monoisotopic (exact) mass is 192 g/mol. The van der Waals surface area contributed by atoms with E-state index in [9.17, 15) is 0 Å². The molecule has 13 heavy (non-hydrogen) atoms. The molecule has 0 saturated heterocycles. The molecule has 1 aromatic carbocycles. The van der Waals surface area contributed by atoms with E-state index in [2.05, 4.69) is 16.5 Å². The van der Waals surface area contributed by atoms with Gasteiger partial charge in [-0.05, 0) is 12.1 Å². The SMILES string of the molecule is C=C(Cl)Cc1nc2ccccc2[nH]1. The summed E-state index contributed by atoms with van der Waals surface area (Å²) in [4.78, 5) is 7.52. The zero-order valence-corrected chi connectivity index (χ0v) is 7.80. The van der Waals surface area contributed by atoms with Crippen LogP contribution in [0.4, 0.5) is 0 Å². The molecule has 0 aliphatic rings. The third-order valence-electron chi connectivity index (χ3n) is 1.80. The van der Waals surface area contributed by atoms with Crippen molar-refractivity contribution in [2.45, 2.75) is 6.42 Å². The van der Waals surface area contributed by atoms with Crippen LogP contribution in [0, 0.1) is 0 Å². The van der Waals surface area contributed by atoms with E-state index in [0.717, 1.165) is 16.9 Å². The zero-order valence-electron chi connectivity index (χ0n) is 7.05. The Bertz CT molecular complexity index is 412. The maximum atomic E-state index is 5.69. The van der Waals surface area contributed by atoms with Crippen LogP contribution >= 0.6 is 11.6 Å². The quantitative estimate of drug-likeness (QED) is 0.779. The Morgan fingerprint density at radius 3 is 2.92 bits per heavy atom. The van der Waals surface area contributed by atoms with E-state index in [0.29, 0.717) is 11.5 Å². The number of hydrogen-bond donors (Lipinski definition) is 1. The van der Waals surface area contributed by atoms with Crippen LogP contribution in [-0.4, -0.2) is 9.97 Å². The first-order valence-electron chi connectivity index (χ1n) is 4.02. The van der Waals surface area contributed by atoms with Crippen LogP contribution < -0.4 is 0 Å². The predicted molar refractivity (Wildman–Crippen MR) is 54.8 cm³/mol. The van der Waals surface area contributed by atoms with Crippen LogP contribution in [0.5, 0.6) is 0 Å². The third kappa shape index (κ3) is 1.73. The van der Waals surface area contributed by atoms with Gasteiger partial charge in [-0.1, -0.05) is 30.3 Å². The molecule has 66 valence electrons. The number of H-pyrrole nitrogens is 1. The Hall–Kier alpha value is -1.28. The summed E-state index contributed by atoms with van der Waals surface area (Å²) < 4.78 is 0. The average Bonchev–Trinajstić information content (AvgIpc) is 2.44. The van der Waals surface area contributed by atoms with E-state index in [-0.39, 0.29) is 0 Å². The van der Waals surface area contributed by atoms with E-state index in [1.54, 1.807) is 0 Å². The molecule has 2 rings (SSSR count). The van der Waals surface area contributed by atoms with Crippen LogP contribution in [-0.2, 0) is 6.42 Å². The van der Waals surface area contributed by atoms with Gasteiger partial charge in [-0.15, -0.1) is 0 Å². The van der Waals surface area contributed by atoms with Gasteiger partial charge in [0.2, 0.25) is 0 Å². The van der Waals surface area contributed by atoms with Gasteiger partial charge in [0.1, 0.15) is 5.82 Å². The Morgan fingerprint density at radius 1 is 1.46 bits per heavy atom. The molecule has 2 nitrogen and oxygen atoms in total. The van der Waals surface area contributed by atoms with Crippen molar-refractivity contribution in [1.29, 1.82) is 0 Å². The number of aromatic amines is 1. The fourth-order valence-corrected chi connectivity index (χ4v) is 1.40. The van der Waals surface area contributed by atoms with Gasteiger partial charge >= 0.3 is 0 Å². The summed E-state index contributed by atoms with van der Waals surface area (Å²) in [5.74, 6) is 0.862. The number of imidazole rings is 1. The lowest BCUT2D eigenvalue weighted by atomic mass is 10.3. The fourth-order valence-electron chi connectivity index (χ4n) is 1.27. The zero-order chi connectivity index (χ0) is 9.26. The minimum atomic E-state index is 0.593. The van der Waals surface area contributed by atoms with Crippen molar-refractivity contribution in [3.8, 4) is 0 Å². The lowest BCUT2D eigenvalue weighted by molar-refractivity contribution is 1.06. The molecule has 0 spiro atoms. The summed E-state index contributed by atoms with van der Waals surface area (Å²) in [6.07, 6.45) is 0.593. The first-order valence-corrected chi connectivity index (χ1v) is 4.40. The van der Waals surface area contributed by atoms with Crippen LogP contribution in [0.3, 0.4) is 0 Å². The number of nitrogens with zero attached hydrogens (tertiary/aromatic N) is 1. The van der Waals surface area contributed by atoms with Crippen molar-refractivity contribution in [2.24, 2.45) is 0 Å². The number of benzene rings is 1. The van der Waals surface area contributed by atoms with E-state index >= 15 is 0 Å². The largest absolute Gasteiger partial charge is 0.342 e. The highest BCUT2D eigenvalue weighted by Gasteiger charge is 2.01. The Morgan fingerprint density at radius 2 is 2.23 bits per heavy atom. The van der Waals surface area contributed by atoms with Gasteiger partial charge in [-0.2, -0.15) is 0 Å². The average molecular weight is 193 g/mol. The van der Waals surface area contributed by atoms with Gasteiger partial charge < -0.3 is 4.98 Å². The van der Waals surface area contributed by atoms with E-state index in [4.69, 9.17) is 11.6 Å². The number of allylic oxidation sites excluding steroid dienone is 1. The van der Waals surface area contributed by atoms with Crippen molar-refractivity contribution in [3.05, 3.63) is 41.7 Å². The summed E-state index contributed by atoms with van der Waals surface area (Å²) in [7, 11) is 0. The van der Waals surface area contributed by atoms with Crippen molar-refractivity contribution in [3.63, 3.8) is 0 Å². The molecule has 0 bridgehead atoms. The number of rotatable bonds is 2. The minimum Gasteiger partial charge on any atom is -0.342 e. The molecule has 0 saturated carbocycles. The fraction of sp³-hybridized carbons (Fsp3) is 0.100. The molecular formula is C10H9ClN2. The molecule has 1 heterocycles.